The molecule has 3 rings (SSSR count). The minimum Gasteiger partial charge on any atom is -0.507 e. The van der Waals surface area contributed by atoms with E-state index in [0.29, 0.717) is 28.5 Å². The van der Waals surface area contributed by atoms with Crippen molar-refractivity contribution in [3.05, 3.63) is 69.8 Å². The summed E-state index contributed by atoms with van der Waals surface area (Å²) in [6.45, 7) is 4.75. The van der Waals surface area contributed by atoms with Crippen LogP contribution >= 0.6 is 11.6 Å². The van der Waals surface area contributed by atoms with Gasteiger partial charge >= 0.3 is 0 Å². The van der Waals surface area contributed by atoms with Gasteiger partial charge in [0.1, 0.15) is 11.5 Å². The maximum absolute atomic E-state index is 12.9. The molecule has 2 aromatic carbocycles. The molecule has 1 amide bonds. The van der Waals surface area contributed by atoms with Gasteiger partial charge in [-0.1, -0.05) is 23.7 Å². The third kappa shape index (κ3) is 4.20. The number of ketones is 1. The van der Waals surface area contributed by atoms with Gasteiger partial charge in [-0.15, -0.1) is 0 Å². The van der Waals surface area contributed by atoms with Crippen LogP contribution in [0.25, 0.3) is 5.76 Å². The molecule has 0 spiro atoms. The Morgan fingerprint density at radius 2 is 1.87 bits per heavy atom. The van der Waals surface area contributed by atoms with Crippen LogP contribution in [0.1, 0.15) is 29.7 Å². The Balaban J connectivity index is 2.13. The Bertz CT molecular complexity index is 984. The smallest absolute Gasteiger partial charge is 0.295 e. The van der Waals surface area contributed by atoms with Gasteiger partial charge < -0.3 is 19.5 Å². The maximum Gasteiger partial charge on any atom is 0.295 e. The highest BCUT2D eigenvalue weighted by molar-refractivity contribution is 6.46. The fourth-order valence-corrected chi connectivity index (χ4v) is 3.69. The Morgan fingerprint density at radius 1 is 1.17 bits per heavy atom. The fraction of sp³-hybridized carbons (Fsp3) is 0.304. The van der Waals surface area contributed by atoms with E-state index in [2.05, 4.69) is 0 Å². The molecule has 7 heteroatoms. The number of amides is 1. The zero-order valence-electron chi connectivity index (χ0n) is 17.1. The Hall–Kier alpha value is -2.83. The van der Waals surface area contributed by atoms with Crippen LogP contribution in [0, 0.1) is 6.92 Å². The molecular weight excluding hydrogens is 406 g/mol. The van der Waals surface area contributed by atoms with Crippen molar-refractivity contribution < 1.29 is 24.2 Å². The number of carbonyl (C=O) groups is 2. The van der Waals surface area contributed by atoms with Crippen molar-refractivity contribution in [1.29, 1.82) is 0 Å². The lowest BCUT2D eigenvalue weighted by Gasteiger charge is -2.25. The zero-order valence-corrected chi connectivity index (χ0v) is 17.9. The van der Waals surface area contributed by atoms with Gasteiger partial charge in [0.2, 0.25) is 0 Å². The van der Waals surface area contributed by atoms with Gasteiger partial charge in [0, 0.05) is 24.2 Å². The van der Waals surface area contributed by atoms with Crippen molar-refractivity contribution in [2.75, 3.05) is 26.9 Å². The second kappa shape index (κ2) is 9.32. The van der Waals surface area contributed by atoms with E-state index in [1.807, 2.05) is 13.8 Å². The van der Waals surface area contributed by atoms with Crippen molar-refractivity contribution in [3.63, 3.8) is 0 Å². The van der Waals surface area contributed by atoms with Crippen molar-refractivity contribution in [2.45, 2.75) is 19.9 Å². The number of hydrogen-bond acceptors (Lipinski definition) is 5. The SMILES string of the molecule is CCOc1ccc(/C(O)=C2/C(=O)C(=O)N(CCOC)C2c2ccc(Cl)cc2)cc1C. The molecule has 2 aromatic rings. The van der Waals surface area contributed by atoms with E-state index in [0.717, 1.165) is 5.56 Å². The molecule has 158 valence electrons. The molecule has 1 aliphatic heterocycles. The van der Waals surface area contributed by atoms with Crippen LogP contribution in [0.5, 0.6) is 5.75 Å². The number of carbonyl (C=O) groups excluding carboxylic acids is 2. The molecule has 1 aliphatic rings. The molecule has 30 heavy (non-hydrogen) atoms. The number of rotatable bonds is 7. The molecule has 1 N–H and O–H groups in total. The second-order valence-electron chi connectivity index (χ2n) is 6.95. The van der Waals surface area contributed by atoms with E-state index < -0.39 is 17.7 Å². The van der Waals surface area contributed by atoms with Crippen molar-refractivity contribution >= 4 is 29.1 Å². The van der Waals surface area contributed by atoms with Gasteiger partial charge in [0.05, 0.1) is 24.8 Å². The van der Waals surface area contributed by atoms with E-state index >= 15 is 0 Å². The van der Waals surface area contributed by atoms with Crippen molar-refractivity contribution in [2.24, 2.45) is 0 Å². The summed E-state index contributed by atoms with van der Waals surface area (Å²) in [5.74, 6) is -0.922. The molecule has 0 saturated carbocycles. The van der Waals surface area contributed by atoms with Crippen LogP contribution in [-0.4, -0.2) is 48.6 Å². The summed E-state index contributed by atoms with van der Waals surface area (Å²) in [7, 11) is 1.52. The predicted octanol–water partition coefficient (Wildman–Crippen LogP) is 4.12. The molecule has 1 heterocycles. The number of nitrogens with zero attached hydrogens (tertiary/aromatic N) is 1. The first-order valence-electron chi connectivity index (χ1n) is 9.65. The summed E-state index contributed by atoms with van der Waals surface area (Å²) < 4.78 is 10.6. The number of benzene rings is 2. The summed E-state index contributed by atoms with van der Waals surface area (Å²) in [6, 6.07) is 11.3. The number of aliphatic hydroxyl groups excluding tert-OH is 1. The Morgan fingerprint density at radius 3 is 2.47 bits per heavy atom. The predicted molar refractivity (Wildman–Crippen MR) is 115 cm³/mol. The van der Waals surface area contributed by atoms with Gasteiger partial charge in [-0.3, -0.25) is 9.59 Å². The molecule has 0 radical (unpaired) electrons. The zero-order chi connectivity index (χ0) is 21.8. The highest BCUT2D eigenvalue weighted by atomic mass is 35.5. The van der Waals surface area contributed by atoms with E-state index in [1.54, 1.807) is 42.5 Å². The molecule has 0 aliphatic carbocycles. The Labute approximate surface area is 180 Å². The normalized spacial score (nSPS) is 18.1. The molecule has 1 unspecified atom stereocenters. The monoisotopic (exact) mass is 429 g/mol. The molecule has 1 saturated heterocycles. The van der Waals surface area contributed by atoms with Crippen LogP contribution in [-0.2, 0) is 14.3 Å². The topological polar surface area (TPSA) is 76.1 Å². The fourth-order valence-electron chi connectivity index (χ4n) is 3.56. The molecule has 1 atom stereocenters. The second-order valence-corrected chi connectivity index (χ2v) is 7.39. The number of halogens is 1. The van der Waals surface area contributed by atoms with Crippen LogP contribution in [0.4, 0.5) is 0 Å². The highest BCUT2D eigenvalue weighted by Gasteiger charge is 2.45. The standard InChI is InChI=1S/C23H24ClNO5/c1-4-30-18-10-7-16(13-14(18)2)21(26)19-20(15-5-8-17(24)9-6-15)25(11-12-29-3)23(28)22(19)27/h5-10,13,20,26H,4,11-12H2,1-3H3/b21-19-. The summed E-state index contributed by atoms with van der Waals surface area (Å²) in [5, 5.41) is 11.6. The first kappa shape index (κ1) is 21.9. The molecule has 1 fully saturated rings. The lowest BCUT2D eigenvalue weighted by atomic mass is 9.95. The minimum atomic E-state index is -0.732. The minimum absolute atomic E-state index is 0.0435. The van der Waals surface area contributed by atoms with E-state index in [4.69, 9.17) is 21.1 Å². The molecular formula is C23H24ClNO5. The van der Waals surface area contributed by atoms with Gasteiger partial charge in [-0.2, -0.15) is 0 Å². The third-order valence-electron chi connectivity index (χ3n) is 5.01. The van der Waals surface area contributed by atoms with Crippen LogP contribution < -0.4 is 4.74 Å². The van der Waals surface area contributed by atoms with Crippen LogP contribution in [0.3, 0.4) is 0 Å². The molecule has 0 aromatic heterocycles. The largest absolute Gasteiger partial charge is 0.507 e. The number of ether oxygens (including phenoxy) is 2. The highest BCUT2D eigenvalue weighted by Crippen LogP contribution is 2.40. The summed E-state index contributed by atoms with van der Waals surface area (Å²) in [6.07, 6.45) is 0. The van der Waals surface area contributed by atoms with Gasteiger partial charge in [0.15, 0.2) is 0 Å². The number of likely N-dealkylation sites (tertiary alicyclic amines) is 1. The third-order valence-corrected chi connectivity index (χ3v) is 5.26. The van der Waals surface area contributed by atoms with Gasteiger partial charge in [-0.05, 0) is 55.3 Å². The average molecular weight is 430 g/mol. The number of hydrogen-bond donors (Lipinski definition) is 1. The van der Waals surface area contributed by atoms with Crippen molar-refractivity contribution in [1.82, 2.24) is 4.90 Å². The summed E-state index contributed by atoms with van der Waals surface area (Å²) in [4.78, 5) is 27.1. The summed E-state index contributed by atoms with van der Waals surface area (Å²) in [5.41, 5.74) is 1.98. The molecule has 0 bridgehead atoms. The van der Waals surface area contributed by atoms with Crippen LogP contribution in [0.2, 0.25) is 5.02 Å². The lowest BCUT2D eigenvalue weighted by Crippen LogP contribution is -2.32. The first-order valence-corrected chi connectivity index (χ1v) is 10.0. The quantitative estimate of drug-likeness (QED) is 0.407. The lowest BCUT2D eigenvalue weighted by molar-refractivity contribution is -0.140. The van der Waals surface area contributed by atoms with Crippen molar-refractivity contribution in [3.8, 4) is 5.75 Å². The van der Waals surface area contributed by atoms with E-state index in [1.165, 1.54) is 12.0 Å². The van der Waals surface area contributed by atoms with E-state index in [-0.39, 0.29) is 24.5 Å². The van der Waals surface area contributed by atoms with Gasteiger partial charge in [-0.25, -0.2) is 0 Å². The number of methoxy groups -OCH3 is 1. The number of Topliss-reactive ketones (excluding diaryl/α,β-unsaturated/α-hetero) is 1. The van der Waals surface area contributed by atoms with E-state index in [9.17, 15) is 14.7 Å². The average Bonchev–Trinajstić information content (AvgIpc) is 2.98. The first-order chi connectivity index (χ1) is 14.4. The maximum atomic E-state index is 12.9. The summed E-state index contributed by atoms with van der Waals surface area (Å²) >= 11 is 6.01. The molecule has 6 nitrogen and oxygen atoms in total. The van der Waals surface area contributed by atoms with Gasteiger partial charge in [0.25, 0.3) is 11.7 Å². The Kier molecular flexibility index (Phi) is 6.80. The van der Waals surface area contributed by atoms with Crippen LogP contribution in [0.15, 0.2) is 48.0 Å². The number of aliphatic hydroxyl groups is 1. The number of aryl methyl sites for hydroxylation is 1.